The highest BCUT2D eigenvalue weighted by atomic mass is 16.6. The summed E-state index contributed by atoms with van der Waals surface area (Å²) in [6, 6.07) is -0.937. The number of ether oxygens (including phenoxy) is 1. The molecule has 2 atom stereocenters. The summed E-state index contributed by atoms with van der Waals surface area (Å²) < 4.78 is 5.23. The Morgan fingerprint density at radius 1 is 1.45 bits per heavy atom. The fourth-order valence-electron chi connectivity index (χ4n) is 2.12. The van der Waals surface area contributed by atoms with Gasteiger partial charge >= 0.3 is 12.1 Å². The second-order valence-electron chi connectivity index (χ2n) is 5.69. The maximum Gasteiger partial charge on any atom is 0.411 e. The first-order valence-corrected chi connectivity index (χ1v) is 6.23. The Balaban J connectivity index is 2.14. The van der Waals surface area contributed by atoms with E-state index in [0.29, 0.717) is 5.82 Å². The van der Waals surface area contributed by atoms with Gasteiger partial charge < -0.3 is 9.84 Å². The molecule has 20 heavy (non-hydrogen) atoms. The third-order valence-electron chi connectivity index (χ3n) is 2.94. The Kier molecular flexibility index (Phi) is 3.60. The smallest absolute Gasteiger partial charge is 0.411 e. The first kappa shape index (κ1) is 14.2. The third-order valence-corrected chi connectivity index (χ3v) is 2.94. The zero-order valence-electron chi connectivity index (χ0n) is 11.5. The molecule has 1 aromatic heterocycles. The van der Waals surface area contributed by atoms with E-state index in [1.165, 1.54) is 4.90 Å². The number of nitrogens with zero attached hydrogens (tertiary/aromatic N) is 4. The molecule has 1 aromatic rings. The van der Waals surface area contributed by atoms with Crippen molar-refractivity contribution < 1.29 is 19.4 Å². The van der Waals surface area contributed by atoms with Crippen molar-refractivity contribution in [3.8, 4) is 0 Å². The molecular weight excluding hydrogens is 266 g/mol. The molecule has 0 radical (unpaired) electrons. The lowest BCUT2D eigenvalue weighted by molar-refractivity contribution is -0.142. The van der Waals surface area contributed by atoms with E-state index in [0.717, 1.165) is 0 Å². The van der Waals surface area contributed by atoms with Gasteiger partial charge in [0.15, 0.2) is 5.82 Å². The zero-order chi connectivity index (χ0) is 14.9. The molecule has 0 unspecified atom stereocenters. The van der Waals surface area contributed by atoms with Crippen LogP contribution in [0.4, 0.5) is 4.79 Å². The molecule has 1 aliphatic heterocycles. The van der Waals surface area contributed by atoms with Crippen LogP contribution in [0.5, 0.6) is 0 Å². The number of hydrogen-bond acceptors (Lipinski definition) is 6. The van der Waals surface area contributed by atoms with Crippen molar-refractivity contribution in [3.05, 3.63) is 5.82 Å². The van der Waals surface area contributed by atoms with E-state index in [2.05, 4.69) is 20.6 Å². The Hall–Kier alpha value is -2.19. The van der Waals surface area contributed by atoms with Crippen LogP contribution in [-0.2, 0) is 9.53 Å². The van der Waals surface area contributed by atoms with E-state index in [1.54, 1.807) is 20.8 Å². The number of carbonyl (C=O) groups excluding carboxylic acids is 1. The maximum atomic E-state index is 12.1. The number of carbonyl (C=O) groups is 2. The number of amides is 1. The number of likely N-dealkylation sites (tertiary alicyclic amines) is 1. The van der Waals surface area contributed by atoms with E-state index in [4.69, 9.17) is 4.74 Å². The molecule has 1 aliphatic rings. The maximum absolute atomic E-state index is 12.1. The minimum atomic E-state index is -1.07. The van der Waals surface area contributed by atoms with Gasteiger partial charge in [-0.15, -0.1) is 10.2 Å². The highest BCUT2D eigenvalue weighted by Crippen LogP contribution is 2.30. The molecule has 110 valence electrons. The van der Waals surface area contributed by atoms with Crippen LogP contribution in [0.2, 0.25) is 0 Å². The Morgan fingerprint density at radius 3 is 2.65 bits per heavy atom. The molecule has 0 aromatic carbocycles. The van der Waals surface area contributed by atoms with Gasteiger partial charge in [0.25, 0.3) is 0 Å². The summed E-state index contributed by atoms with van der Waals surface area (Å²) in [6.45, 7) is 5.39. The Labute approximate surface area is 115 Å². The molecule has 1 amide bonds. The van der Waals surface area contributed by atoms with Crippen LogP contribution in [0.1, 0.15) is 38.9 Å². The molecule has 2 N–H and O–H groups in total. The lowest BCUT2D eigenvalue weighted by Gasteiger charge is -2.26. The number of aromatic amines is 1. The zero-order valence-corrected chi connectivity index (χ0v) is 11.5. The van der Waals surface area contributed by atoms with Crippen molar-refractivity contribution in [1.82, 2.24) is 25.5 Å². The lowest BCUT2D eigenvalue weighted by atomic mass is 10.1. The molecule has 2 rings (SSSR count). The Morgan fingerprint density at radius 2 is 2.15 bits per heavy atom. The van der Waals surface area contributed by atoms with Gasteiger partial charge in [-0.1, -0.05) is 5.21 Å². The molecule has 2 heterocycles. The van der Waals surface area contributed by atoms with Gasteiger partial charge in [0.2, 0.25) is 0 Å². The van der Waals surface area contributed by atoms with Gasteiger partial charge in [0.1, 0.15) is 11.6 Å². The number of aliphatic carboxylic acids is 1. The Bertz CT molecular complexity index is 495. The number of hydrogen-bond donors (Lipinski definition) is 2. The average molecular weight is 283 g/mol. The average Bonchev–Trinajstić information content (AvgIpc) is 2.95. The standard InChI is InChI=1S/C11H17N5O4/c1-11(2,3)20-10(19)16-5-6(4-7(16)9(17)18)8-12-14-15-13-8/h6-7H,4-5H2,1-3H3,(H,17,18)(H,12,13,14,15)/t6-,7-/m0/s1. The highest BCUT2D eigenvalue weighted by molar-refractivity contribution is 5.81. The van der Waals surface area contributed by atoms with Gasteiger partial charge in [-0.05, 0) is 27.2 Å². The molecule has 0 saturated carbocycles. The second kappa shape index (κ2) is 5.06. The van der Waals surface area contributed by atoms with Crippen molar-refractivity contribution in [2.75, 3.05) is 6.54 Å². The molecule has 1 fully saturated rings. The molecular formula is C11H17N5O4. The number of carboxylic acids is 1. The summed E-state index contributed by atoms with van der Waals surface area (Å²) in [4.78, 5) is 24.6. The fraction of sp³-hybridized carbons (Fsp3) is 0.727. The number of aromatic nitrogens is 4. The quantitative estimate of drug-likeness (QED) is 0.804. The summed E-state index contributed by atoms with van der Waals surface area (Å²) in [5.74, 6) is -0.925. The van der Waals surface area contributed by atoms with E-state index < -0.39 is 23.7 Å². The number of tetrazole rings is 1. The van der Waals surface area contributed by atoms with E-state index in [1.807, 2.05) is 0 Å². The van der Waals surface area contributed by atoms with Crippen LogP contribution in [0.3, 0.4) is 0 Å². The summed E-state index contributed by atoms with van der Waals surface area (Å²) in [5, 5.41) is 22.7. The van der Waals surface area contributed by atoms with Gasteiger partial charge in [0, 0.05) is 12.5 Å². The van der Waals surface area contributed by atoms with E-state index in [-0.39, 0.29) is 18.9 Å². The third kappa shape index (κ3) is 3.03. The van der Waals surface area contributed by atoms with Crippen LogP contribution in [0.15, 0.2) is 0 Å². The first-order valence-electron chi connectivity index (χ1n) is 6.23. The summed E-state index contributed by atoms with van der Waals surface area (Å²) in [7, 11) is 0. The summed E-state index contributed by atoms with van der Waals surface area (Å²) >= 11 is 0. The number of rotatable bonds is 2. The topological polar surface area (TPSA) is 121 Å². The monoisotopic (exact) mass is 283 g/mol. The molecule has 0 spiro atoms. The predicted molar refractivity (Wildman–Crippen MR) is 65.9 cm³/mol. The van der Waals surface area contributed by atoms with Crippen molar-refractivity contribution in [2.24, 2.45) is 0 Å². The number of H-pyrrole nitrogens is 1. The van der Waals surface area contributed by atoms with Crippen molar-refractivity contribution in [2.45, 2.75) is 44.8 Å². The lowest BCUT2D eigenvalue weighted by Crippen LogP contribution is -2.43. The van der Waals surface area contributed by atoms with E-state index in [9.17, 15) is 14.7 Å². The molecule has 0 aliphatic carbocycles. The van der Waals surface area contributed by atoms with Gasteiger partial charge in [-0.25, -0.2) is 9.59 Å². The largest absolute Gasteiger partial charge is 0.480 e. The van der Waals surface area contributed by atoms with Crippen LogP contribution in [0, 0.1) is 0 Å². The van der Waals surface area contributed by atoms with E-state index >= 15 is 0 Å². The molecule has 1 saturated heterocycles. The van der Waals surface area contributed by atoms with Gasteiger partial charge in [0.05, 0.1) is 0 Å². The van der Waals surface area contributed by atoms with Crippen LogP contribution in [-0.4, -0.2) is 60.9 Å². The molecule has 9 heteroatoms. The second-order valence-corrected chi connectivity index (χ2v) is 5.69. The van der Waals surface area contributed by atoms with Gasteiger partial charge in [-0.2, -0.15) is 5.21 Å². The SMILES string of the molecule is CC(C)(C)OC(=O)N1C[C@@H](c2nn[nH]n2)C[C@H]1C(=O)O. The van der Waals surface area contributed by atoms with Crippen molar-refractivity contribution in [1.29, 1.82) is 0 Å². The first-order chi connectivity index (χ1) is 9.28. The van der Waals surface area contributed by atoms with Crippen molar-refractivity contribution >= 4 is 12.1 Å². The molecule has 9 nitrogen and oxygen atoms in total. The number of carboxylic acid groups (broad SMARTS) is 1. The van der Waals surface area contributed by atoms with Crippen molar-refractivity contribution in [3.63, 3.8) is 0 Å². The van der Waals surface area contributed by atoms with Crippen LogP contribution >= 0.6 is 0 Å². The summed E-state index contributed by atoms with van der Waals surface area (Å²) in [5.41, 5.74) is -0.676. The highest BCUT2D eigenvalue weighted by Gasteiger charge is 2.43. The fourth-order valence-corrected chi connectivity index (χ4v) is 2.12. The normalized spacial score (nSPS) is 22.9. The molecule has 0 bridgehead atoms. The predicted octanol–water partition coefficient (Wildman–Crippen LogP) is 0.377. The summed E-state index contributed by atoms with van der Waals surface area (Å²) in [6.07, 6.45) is -0.399. The van der Waals surface area contributed by atoms with Crippen LogP contribution in [0.25, 0.3) is 0 Å². The van der Waals surface area contributed by atoms with Gasteiger partial charge in [-0.3, -0.25) is 4.90 Å². The minimum absolute atomic E-state index is 0.200. The number of nitrogens with one attached hydrogen (secondary N) is 1. The van der Waals surface area contributed by atoms with Crippen LogP contribution < -0.4 is 0 Å². The minimum Gasteiger partial charge on any atom is -0.480 e.